The Balaban J connectivity index is 1.53. The van der Waals surface area contributed by atoms with E-state index >= 15 is 0 Å². The number of carbonyl (C=O) groups excluding carboxylic acids is 1. The molecule has 1 N–H and O–H groups in total. The standard InChI is InChI=1S/C16H23F3O3/c1-15(18,19)12(17)2-3-22-14(20)13-10-4-9-5-11(13)8-16(21,6-9)7-10/h9-13,21H,2-8H2,1H3. The Morgan fingerprint density at radius 1 is 1.32 bits per heavy atom. The highest BCUT2D eigenvalue weighted by atomic mass is 19.3. The van der Waals surface area contributed by atoms with Crippen LogP contribution in [0.4, 0.5) is 13.2 Å². The zero-order chi connectivity index (χ0) is 16.1. The van der Waals surface area contributed by atoms with Crippen LogP contribution in [0.5, 0.6) is 0 Å². The number of carbonyl (C=O) groups is 1. The summed E-state index contributed by atoms with van der Waals surface area (Å²) in [7, 11) is 0. The fraction of sp³-hybridized carbons (Fsp3) is 0.938. The predicted molar refractivity (Wildman–Crippen MR) is 73.1 cm³/mol. The van der Waals surface area contributed by atoms with Gasteiger partial charge >= 0.3 is 5.97 Å². The molecule has 3 unspecified atom stereocenters. The molecular formula is C16H23F3O3. The molecule has 3 atom stereocenters. The maximum absolute atomic E-state index is 13.2. The third kappa shape index (κ3) is 2.99. The molecule has 0 aliphatic heterocycles. The Kier molecular flexibility index (Phi) is 3.94. The summed E-state index contributed by atoms with van der Waals surface area (Å²) in [5.41, 5.74) is -0.623. The summed E-state index contributed by atoms with van der Waals surface area (Å²) in [6.07, 6.45) is 1.16. The Morgan fingerprint density at radius 2 is 1.91 bits per heavy atom. The third-order valence-electron chi connectivity index (χ3n) is 5.68. The molecule has 6 heteroatoms. The molecule has 4 aliphatic rings. The van der Waals surface area contributed by atoms with Crippen molar-refractivity contribution in [1.29, 1.82) is 0 Å². The molecule has 4 aliphatic carbocycles. The Bertz CT molecular complexity index is 432. The zero-order valence-corrected chi connectivity index (χ0v) is 12.7. The second kappa shape index (κ2) is 5.39. The maximum atomic E-state index is 13.2. The van der Waals surface area contributed by atoms with Gasteiger partial charge in [-0.25, -0.2) is 13.2 Å². The van der Waals surface area contributed by atoms with Gasteiger partial charge in [-0.3, -0.25) is 4.79 Å². The number of ether oxygens (including phenoxy) is 1. The lowest BCUT2D eigenvalue weighted by atomic mass is 9.50. The van der Waals surface area contributed by atoms with E-state index in [-0.39, 0.29) is 24.4 Å². The summed E-state index contributed by atoms with van der Waals surface area (Å²) in [6, 6.07) is 0. The van der Waals surface area contributed by atoms with Gasteiger partial charge in [-0.05, 0) is 49.9 Å². The lowest BCUT2D eigenvalue weighted by molar-refractivity contribution is -0.182. The number of alkyl halides is 3. The summed E-state index contributed by atoms with van der Waals surface area (Å²) in [4.78, 5) is 12.3. The van der Waals surface area contributed by atoms with Crippen LogP contribution in [0.2, 0.25) is 0 Å². The van der Waals surface area contributed by atoms with Crippen LogP contribution < -0.4 is 0 Å². The minimum absolute atomic E-state index is 0.123. The van der Waals surface area contributed by atoms with Gasteiger partial charge in [0.15, 0.2) is 6.17 Å². The lowest BCUT2D eigenvalue weighted by Gasteiger charge is -2.57. The molecule has 3 nitrogen and oxygen atoms in total. The summed E-state index contributed by atoms with van der Waals surface area (Å²) in [6.45, 7) is 0.213. The van der Waals surface area contributed by atoms with Crippen molar-refractivity contribution in [2.24, 2.45) is 23.7 Å². The molecule has 4 bridgehead atoms. The summed E-state index contributed by atoms with van der Waals surface area (Å²) in [5.74, 6) is -3.32. The van der Waals surface area contributed by atoms with E-state index in [1.54, 1.807) is 0 Å². The van der Waals surface area contributed by atoms with Crippen LogP contribution in [-0.2, 0) is 9.53 Å². The first kappa shape index (κ1) is 16.1. The van der Waals surface area contributed by atoms with E-state index in [0.29, 0.717) is 25.7 Å². The van der Waals surface area contributed by atoms with Crippen LogP contribution in [0, 0.1) is 23.7 Å². The Hall–Kier alpha value is -0.780. The van der Waals surface area contributed by atoms with E-state index in [1.165, 1.54) is 0 Å². The largest absolute Gasteiger partial charge is 0.465 e. The van der Waals surface area contributed by atoms with Crippen LogP contribution in [-0.4, -0.2) is 35.4 Å². The van der Waals surface area contributed by atoms with Gasteiger partial charge in [-0.1, -0.05) is 0 Å². The number of halogens is 3. The van der Waals surface area contributed by atoms with Crippen LogP contribution in [0.15, 0.2) is 0 Å². The molecule has 0 heterocycles. The number of rotatable bonds is 5. The molecule has 4 rings (SSSR count). The third-order valence-corrected chi connectivity index (χ3v) is 5.68. The zero-order valence-electron chi connectivity index (χ0n) is 12.7. The smallest absolute Gasteiger partial charge is 0.309 e. The molecule has 0 spiro atoms. The van der Waals surface area contributed by atoms with E-state index in [4.69, 9.17) is 4.74 Å². The van der Waals surface area contributed by atoms with Crippen LogP contribution in [0.3, 0.4) is 0 Å². The van der Waals surface area contributed by atoms with Crippen molar-refractivity contribution in [3.8, 4) is 0 Å². The van der Waals surface area contributed by atoms with E-state index in [9.17, 15) is 23.1 Å². The van der Waals surface area contributed by atoms with Crippen molar-refractivity contribution in [3.63, 3.8) is 0 Å². The van der Waals surface area contributed by atoms with Crippen molar-refractivity contribution >= 4 is 5.97 Å². The van der Waals surface area contributed by atoms with Gasteiger partial charge in [0.05, 0.1) is 18.1 Å². The lowest BCUT2D eigenvalue weighted by Crippen LogP contribution is -2.56. The van der Waals surface area contributed by atoms with Gasteiger partial charge in [-0.15, -0.1) is 0 Å². The SMILES string of the molecule is CC(F)(F)C(F)CCOC(=O)C1C2CC3CC1CC(O)(C3)C2. The van der Waals surface area contributed by atoms with Crippen LogP contribution >= 0.6 is 0 Å². The summed E-state index contributed by atoms with van der Waals surface area (Å²) >= 11 is 0. The van der Waals surface area contributed by atoms with Gasteiger partial charge < -0.3 is 9.84 Å². The first-order valence-electron chi connectivity index (χ1n) is 8.09. The van der Waals surface area contributed by atoms with Crippen LogP contribution in [0.25, 0.3) is 0 Å². The van der Waals surface area contributed by atoms with Gasteiger partial charge in [0.2, 0.25) is 0 Å². The average Bonchev–Trinajstić information content (AvgIpc) is 2.34. The number of aliphatic hydroxyl groups is 1. The van der Waals surface area contributed by atoms with Gasteiger partial charge in [0.1, 0.15) is 0 Å². The van der Waals surface area contributed by atoms with Crippen LogP contribution in [0.1, 0.15) is 45.4 Å². The maximum Gasteiger partial charge on any atom is 0.309 e. The molecule has 126 valence electrons. The molecule has 0 amide bonds. The normalized spacial score (nSPS) is 41.5. The van der Waals surface area contributed by atoms with Crippen molar-refractivity contribution in [2.45, 2.75) is 63.1 Å². The van der Waals surface area contributed by atoms with E-state index in [0.717, 1.165) is 19.3 Å². The van der Waals surface area contributed by atoms with Gasteiger partial charge in [0.25, 0.3) is 5.92 Å². The number of hydrogen-bond donors (Lipinski definition) is 1. The molecule has 0 saturated heterocycles. The molecule has 0 aromatic carbocycles. The minimum atomic E-state index is -3.40. The fourth-order valence-electron chi connectivity index (χ4n) is 4.98. The van der Waals surface area contributed by atoms with Gasteiger partial charge in [0, 0.05) is 13.3 Å². The predicted octanol–water partition coefficient (Wildman–Crippen LogP) is 3.10. The highest BCUT2D eigenvalue weighted by Crippen LogP contribution is 2.58. The van der Waals surface area contributed by atoms with Gasteiger partial charge in [-0.2, -0.15) is 0 Å². The first-order valence-corrected chi connectivity index (χ1v) is 8.09. The molecule has 22 heavy (non-hydrogen) atoms. The summed E-state index contributed by atoms with van der Waals surface area (Å²) < 4.78 is 43.7. The van der Waals surface area contributed by atoms with E-state index in [1.807, 2.05) is 0 Å². The Morgan fingerprint density at radius 3 is 2.41 bits per heavy atom. The Labute approximate surface area is 128 Å². The molecule has 0 aromatic heterocycles. The monoisotopic (exact) mass is 320 g/mol. The minimum Gasteiger partial charge on any atom is -0.465 e. The van der Waals surface area contributed by atoms with Crippen molar-refractivity contribution in [2.75, 3.05) is 6.61 Å². The van der Waals surface area contributed by atoms with E-state index in [2.05, 4.69) is 0 Å². The number of hydrogen-bond acceptors (Lipinski definition) is 3. The fourth-order valence-corrected chi connectivity index (χ4v) is 4.98. The summed E-state index contributed by atoms with van der Waals surface area (Å²) in [5, 5.41) is 10.5. The first-order chi connectivity index (χ1) is 10.2. The molecule has 4 fully saturated rings. The van der Waals surface area contributed by atoms with E-state index < -0.39 is 30.1 Å². The second-order valence-electron chi connectivity index (χ2n) is 7.60. The quantitative estimate of drug-likeness (QED) is 0.792. The topological polar surface area (TPSA) is 46.5 Å². The van der Waals surface area contributed by atoms with Crippen molar-refractivity contribution < 1.29 is 27.8 Å². The number of esters is 1. The van der Waals surface area contributed by atoms with Crippen molar-refractivity contribution in [1.82, 2.24) is 0 Å². The van der Waals surface area contributed by atoms with Crippen molar-refractivity contribution in [3.05, 3.63) is 0 Å². The molecule has 4 saturated carbocycles. The second-order valence-corrected chi connectivity index (χ2v) is 7.60. The average molecular weight is 320 g/mol. The highest BCUT2D eigenvalue weighted by Gasteiger charge is 2.57. The highest BCUT2D eigenvalue weighted by molar-refractivity contribution is 5.73. The molecular weight excluding hydrogens is 297 g/mol. The molecule has 0 aromatic rings. The molecule has 0 radical (unpaired) electrons.